The maximum Gasteiger partial charge on any atom is 0.122 e. The third kappa shape index (κ3) is 5.22. The van der Waals surface area contributed by atoms with Gasteiger partial charge in [0.25, 0.3) is 0 Å². The molecule has 0 aliphatic carbocycles. The van der Waals surface area contributed by atoms with Crippen LogP contribution in [0.4, 0.5) is 0 Å². The summed E-state index contributed by atoms with van der Waals surface area (Å²) in [4.78, 5) is 5.20. The number of rotatable bonds is 8. The fourth-order valence-electron chi connectivity index (χ4n) is 4.51. The summed E-state index contributed by atoms with van der Waals surface area (Å²) in [6.45, 7) is 7.00. The molecule has 4 nitrogen and oxygen atoms in total. The Morgan fingerprint density at radius 2 is 1.74 bits per heavy atom. The van der Waals surface area contributed by atoms with E-state index in [-0.39, 0.29) is 0 Å². The first-order valence-corrected chi connectivity index (χ1v) is 10.7. The normalized spacial score (nSPS) is 20.9. The summed E-state index contributed by atoms with van der Waals surface area (Å²) < 4.78 is 5.75. The van der Waals surface area contributed by atoms with Crippen LogP contribution in [0.2, 0.25) is 0 Å². The number of nitrogens with one attached hydrogen (secondary N) is 1. The van der Waals surface area contributed by atoms with Crippen molar-refractivity contribution in [1.29, 1.82) is 0 Å². The molecule has 2 aliphatic heterocycles. The van der Waals surface area contributed by atoms with Crippen LogP contribution in [0, 0.1) is 0 Å². The van der Waals surface area contributed by atoms with Gasteiger partial charge >= 0.3 is 0 Å². The van der Waals surface area contributed by atoms with Crippen LogP contribution in [-0.4, -0.2) is 55.1 Å². The summed E-state index contributed by atoms with van der Waals surface area (Å²) >= 11 is 0. The topological polar surface area (TPSA) is 31.6 Å². The van der Waals surface area contributed by atoms with E-state index in [1.54, 1.807) is 0 Å². The van der Waals surface area contributed by atoms with Gasteiger partial charge in [0.1, 0.15) is 5.76 Å². The van der Waals surface area contributed by atoms with E-state index in [2.05, 4.69) is 51.5 Å². The van der Waals surface area contributed by atoms with Gasteiger partial charge in [-0.3, -0.25) is 4.90 Å². The van der Waals surface area contributed by atoms with Gasteiger partial charge in [-0.05, 0) is 76.0 Å². The van der Waals surface area contributed by atoms with Crippen LogP contribution in [0.1, 0.15) is 43.0 Å². The quantitative estimate of drug-likeness (QED) is 0.771. The molecule has 0 amide bonds. The summed E-state index contributed by atoms with van der Waals surface area (Å²) in [5.74, 6) is 1.12. The van der Waals surface area contributed by atoms with Crippen LogP contribution in [0.25, 0.3) is 0 Å². The Hall–Kier alpha value is -1.62. The molecule has 0 radical (unpaired) electrons. The van der Waals surface area contributed by atoms with Gasteiger partial charge in [0, 0.05) is 19.1 Å². The van der Waals surface area contributed by atoms with Crippen molar-refractivity contribution in [2.24, 2.45) is 0 Å². The molecule has 0 bridgehead atoms. The van der Waals surface area contributed by atoms with E-state index in [1.807, 2.05) is 12.3 Å². The highest BCUT2D eigenvalue weighted by Crippen LogP contribution is 2.25. The van der Waals surface area contributed by atoms with E-state index in [4.69, 9.17) is 4.42 Å². The standard InChI is InChI=1S/C23H33N3O/c1-2-7-20(8-3-1)10-15-25-16-11-21(12-17-25)24-19-22(23-9-6-18-27-23)26-13-4-5-14-26/h1-3,6-9,18,21-22,24H,4-5,10-17,19H2. The lowest BCUT2D eigenvalue weighted by Crippen LogP contribution is -2.45. The first-order valence-electron chi connectivity index (χ1n) is 10.7. The van der Waals surface area contributed by atoms with Gasteiger partial charge < -0.3 is 14.6 Å². The zero-order chi connectivity index (χ0) is 18.3. The molecule has 2 aromatic rings. The van der Waals surface area contributed by atoms with Crippen molar-refractivity contribution in [1.82, 2.24) is 15.1 Å². The highest BCUT2D eigenvalue weighted by atomic mass is 16.3. The maximum absolute atomic E-state index is 5.75. The molecule has 4 heteroatoms. The lowest BCUT2D eigenvalue weighted by molar-refractivity contribution is 0.174. The summed E-state index contributed by atoms with van der Waals surface area (Å²) in [5.41, 5.74) is 1.45. The van der Waals surface area contributed by atoms with Crippen molar-refractivity contribution in [3.8, 4) is 0 Å². The fourth-order valence-corrected chi connectivity index (χ4v) is 4.51. The molecule has 0 spiro atoms. The lowest BCUT2D eigenvalue weighted by atomic mass is 10.0. The number of hydrogen-bond donors (Lipinski definition) is 1. The maximum atomic E-state index is 5.75. The Kier molecular flexibility index (Phi) is 6.62. The summed E-state index contributed by atoms with van der Waals surface area (Å²) in [6.07, 6.45) is 8.10. The number of hydrogen-bond acceptors (Lipinski definition) is 4. The summed E-state index contributed by atoms with van der Waals surface area (Å²) in [7, 11) is 0. The third-order valence-electron chi connectivity index (χ3n) is 6.20. The average molecular weight is 368 g/mol. The summed E-state index contributed by atoms with van der Waals surface area (Å²) in [6, 6.07) is 16.0. The van der Waals surface area contributed by atoms with Crippen molar-refractivity contribution in [2.75, 3.05) is 39.3 Å². The average Bonchev–Trinajstić information content (AvgIpc) is 3.43. The van der Waals surface area contributed by atoms with Crippen LogP contribution in [0.3, 0.4) is 0 Å². The van der Waals surface area contributed by atoms with Gasteiger partial charge in [-0.1, -0.05) is 30.3 Å². The number of likely N-dealkylation sites (tertiary alicyclic amines) is 2. The Balaban J connectivity index is 1.21. The molecule has 1 N–H and O–H groups in total. The number of piperidine rings is 1. The zero-order valence-electron chi connectivity index (χ0n) is 16.4. The van der Waals surface area contributed by atoms with Crippen LogP contribution < -0.4 is 5.32 Å². The molecule has 0 saturated carbocycles. The van der Waals surface area contributed by atoms with Gasteiger partial charge in [-0.2, -0.15) is 0 Å². The molecule has 3 heterocycles. The van der Waals surface area contributed by atoms with Gasteiger partial charge in [0.15, 0.2) is 0 Å². The van der Waals surface area contributed by atoms with Crippen molar-refractivity contribution in [2.45, 2.75) is 44.2 Å². The smallest absolute Gasteiger partial charge is 0.122 e. The SMILES string of the molecule is c1ccc(CCN2CCC(NCC(c3ccco3)N3CCCC3)CC2)cc1. The Labute approximate surface area is 163 Å². The Bertz CT molecular complexity index is 644. The summed E-state index contributed by atoms with van der Waals surface area (Å²) in [5, 5.41) is 3.85. The second-order valence-corrected chi connectivity index (χ2v) is 8.03. The molecule has 27 heavy (non-hydrogen) atoms. The molecular formula is C23H33N3O. The first kappa shape index (κ1) is 18.7. The molecule has 4 rings (SSSR count). The highest BCUT2D eigenvalue weighted by molar-refractivity contribution is 5.15. The van der Waals surface area contributed by atoms with Crippen LogP contribution in [-0.2, 0) is 6.42 Å². The van der Waals surface area contributed by atoms with Crippen LogP contribution in [0.15, 0.2) is 53.1 Å². The van der Waals surface area contributed by atoms with Crippen molar-refractivity contribution < 1.29 is 4.42 Å². The minimum Gasteiger partial charge on any atom is -0.468 e. The monoisotopic (exact) mass is 367 g/mol. The lowest BCUT2D eigenvalue weighted by Gasteiger charge is -2.34. The molecule has 2 aliphatic rings. The second-order valence-electron chi connectivity index (χ2n) is 8.03. The fraction of sp³-hybridized carbons (Fsp3) is 0.565. The molecule has 1 atom stereocenters. The van der Waals surface area contributed by atoms with E-state index in [1.165, 1.54) is 64.0 Å². The minimum atomic E-state index is 0.388. The zero-order valence-corrected chi connectivity index (χ0v) is 16.4. The molecule has 146 valence electrons. The van der Waals surface area contributed by atoms with Gasteiger partial charge in [-0.15, -0.1) is 0 Å². The Morgan fingerprint density at radius 1 is 0.963 bits per heavy atom. The van der Waals surface area contributed by atoms with Crippen LogP contribution >= 0.6 is 0 Å². The van der Waals surface area contributed by atoms with Gasteiger partial charge in [-0.25, -0.2) is 0 Å². The minimum absolute atomic E-state index is 0.388. The molecule has 2 saturated heterocycles. The largest absolute Gasteiger partial charge is 0.468 e. The van der Waals surface area contributed by atoms with Gasteiger partial charge in [0.05, 0.1) is 12.3 Å². The molecule has 1 aromatic heterocycles. The molecule has 1 unspecified atom stereocenters. The van der Waals surface area contributed by atoms with E-state index in [9.17, 15) is 0 Å². The molecular weight excluding hydrogens is 334 g/mol. The predicted molar refractivity (Wildman–Crippen MR) is 110 cm³/mol. The number of nitrogens with zero attached hydrogens (tertiary/aromatic N) is 2. The number of benzene rings is 1. The van der Waals surface area contributed by atoms with E-state index in [0.29, 0.717) is 12.1 Å². The molecule has 2 fully saturated rings. The Morgan fingerprint density at radius 3 is 2.44 bits per heavy atom. The molecule has 1 aromatic carbocycles. The number of furan rings is 1. The first-order chi connectivity index (χ1) is 13.4. The predicted octanol–water partition coefficient (Wildman–Crippen LogP) is 3.71. The van der Waals surface area contributed by atoms with E-state index in [0.717, 1.165) is 18.7 Å². The highest BCUT2D eigenvalue weighted by Gasteiger charge is 2.27. The van der Waals surface area contributed by atoms with Crippen molar-refractivity contribution in [3.05, 3.63) is 60.1 Å². The second kappa shape index (κ2) is 9.54. The van der Waals surface area contributed by atoms with Crippen molar-refractivity contribution >= 4 is 0 Å². The third-order valence-corrected chi connectivity index (χ3v) is 6.20. The van der Waals surface area contributed by atoms with Gasteiger partial charge in [0.2, 0.25) is 0 Å². The van der Waals surface area contributed by atoms with Crippen molar-refractivity contribution in [3.63, 3.8) is 0 Å². The van der Waals surface area contributed by atoms with E-state index < -0.39 is 0 Å². The van der Waals surface area contributed by atoms with Crippen LogP contribution in [0.5, 0.6) is 0 Å². The van der Waals surface area contributed by atoms with E-state index >= 15 is 0 Å².